The van der Waals surface area contributed by atoms with Gasteiger partial charge in [-0.25, -0.2) is 0 Å². The van der Waals surface area contributed by atoms with Crippen LogP contribution in [0.2, 0.25) is 0 Å². The van der Waals surface area contributed by atoms with Crippen molar-refractivity contribution in [2.24, 2.45) is 5.41 Å². The summed E-state index contributed by atoms with van der Waals surface area (Å²) in [7, 11) is 0. The number of nitrogens with zero attached hydrogens (tertiary/aromatic N) is 1. The predicted octanol–water partition coefficient (Wildman–Crippen LogP) is 2.66. The summed E-state index contributed by atoms with van der Waals surface area (Å²) in [4.78, 5) is 2.68. The van der Waals surface area contributed by atoms with Gasteiger partial charge in [0, 0.05) is 19.7 Å². The number of ether oxygens (including phenoxy) is 1. The second kappa shape index (κ2) is 7.61. The van der Waals surface area contributed by atoms with Gasteiger partial charge in [0.1, 0.15) is 0 Å². The van der Waals surface area contributed by atoms with Crippen LogP contribution in [-0.4, -0.2) is 50.3 Å². The molecule has 1 unspecified atom stereocenters. The maximum absolute atomic E-state index is 5.96. The molecule has 0 saturated carbocycles. The van der Waals surface area contributed by atoms with Crippen molar-refractivity contribution in [1.82, 2.24) is 10.2 Å². The highest BCUT2D eigenvalue weighted by molar-refractivity contribution is 4.88. The number of nitrogens with one attached hydrogen (secondary N) is 1. The van der Waals surface area contributed by atoms with Gasteiger partial charge in [-0.1, -0.05) is 13.8 Å². The van der Waals surface area contributed by atoms with Crippen molar-refractivity contribution in [3.63, 3.8) is 0 Å². The summed E-state index contributed by atoms with van der Waals surface area (Å²) in [6, 6.07) is 0. The molecule has 1 atom stereocenters. The lowest BCUT2D eigenvalue weighted by Gasteiger charge is -2.43. The van der Waals surface area contributed by atoms with E-state index in [1.54, 1.807) is 0 Å². The first kappa shape index (κ1) is 15.3. The van der Waals surface area contributed by atoms with Crippen molar-refractivity contribution < 1.29 is 4.74 Å². The van der Waals surface area contributed by atoms with Crippen LogP contribution in [0.5, 0.6) is 0 Å². The summed E-state index contributed by atoms with van der Waals surface area (Å²) in [5.74, 6) is 0. The zero-order valence-corrected chi connectivity index (χ0v) is 12.9. The molecule has 2 fully saturated rings. The van der Waals surface area contributed by atoms with Crippen LogP contribution in [-0.2, 0) is 4.74 Å². The molecule has 0 radical (unpaired) electrons. The first-order valence-electron chi connectivity index (χ1n) is 8.33. The molecule has 2 rings (SSSR count). The minimum atomic E-state index is 0.490. The van der Waals surface area contributed by atoms with Gasteiger partial charge in [-0.15, -0.1) is 0 Å². The fourth-order valence-corrected chi connectivity index (χ4v) is 3.63. The van der Waals surface area contributed by atoms with Crippen LogP contribution in [0.1, 0.15) is 52.4 Å². The molecular formula is C16H32N2O. The third-order valence-corrected chi connectivity index (χ3v) is 4.99. The molecular weight excluding hydrogens is 236 g/mol. The van der Waals surface area contributed by atoms with Gasteiger partial charge < -0.3 is 15.0 Å². The van der Waals surface area contributed by atoms with E-state index in [0.717, 1.165) is 19.6 Å². The van der Waals surface area contributed by atoms with Crippen LogP contribution < -0.4 is 5.32 Å². The van der Waals surface area contributed by atoms with E-state index in [4.69, 9.17) is 4.74 Å². The Morgan fingerprint density at radius 2 is 2.05 bits per heavy atom. The Balaban J connectivity index is 1.83. The Labute approximate surface area is 119 Å². The molecule has 112 valence electrons. The van der Waals surface area contributed by atoms with Crippen LogP contribution in [0.15, 0.2) is 0 Å². The molecule has 0 amide bonds. The molecule has 0 aromatic heterocycles. The normalized spacial score (nSPS) is 28.4. The SMILES string of the molecule is CCCOC1CCCN(CC2(CC)CCNCC2)C1. The van der Waals surface area contributed by atoms with Gasteiger partial charge in [0.15, 0.2) is 0 Å². The summed E-state index contributed by atoms with van der Waals surface area (Å²) in [5, 5.41) is 3.50. The molecule has 1 N–H and O–H groups in total. The van der Waals surface area contributed by atoms with E-state index < -0.39 is 0 Å². The maximum Gasteiger partial charge on any atom is 0.0702 e. The highest BCUT2D eigenvalue weighted by atomic mass is 16.5. The number of rotatable bonds is 6. The van der Waals surface area contributed by atoms with Gasteiger partial charge in [0.2, 0.25) is 0 Å². The summed E-state index contributed by atoms with van der Waals surface area (Å²) >= 11 is 0. The average molecular weight is 268 g/mol. The van der Waals surface area contributed by atoms with Crippen molar-refractivity contribution in [3.8, 4) is 0 Å². The van der Waals surface area contributed by atoms with Gasteiger partial charge in [0.05, 0.1) is 6.10 Å². The first-order chi connectivity index (χ1) is 9.28. The van der Waals surface area contributed by atoms with Crippen molar-refractivity contribution in [2.75, 3.05) is 39.3 Å². The number of likely N-dealkylation sites (tertiary alicyclic amines) is 1. The zero-order valence-electron chi connectivity index (χ0n) is 12.9. The fraction of sp³-hybridized carbons (Fsp3) is 1.00. The lowest BCUT2D eigenvalue weighted by molar-refractivity contribution is -0.0161. The standard InChI is InChI=1S/C16H32N2O/c1-3-12-19-15-6-5-11-18(13-15)14-16(4-2)7-9-17-10-8-16/h15,17H,3-14H2,1-2H3. The molecule has 0 aromatic carbocycles. The van der Waals surface area contributed by atoms with Crippen LogP contribution in [0.3, 0.4) is 0 Å². The van der Waals surface area contributed by atoms with E-state index >= 15 is 0 Å². The summed E-state index contributed by atoms with van der Waals surface area (Å²) in [6.07, 6.45) is 8.22. The number of hydrogen-bond acceptors (Lipinski definition) is 3. The molecule has 0 spiro atoms. The van der Waals surface area contributed by atoms with E-state index in [1.165, 1.54) is 58.3 Å². The Hall–Kier alpha value is -0.120. The number of piperidine rings is 2. The first-order valence-corrected chi connectivity index (χ1v) is 8.33. The molecule has 2 aliphatic rings. The second-order valence-corrected chi connectivity index (χ2v) is 6.47. The fourth-order valence-electron chi connectivity index (χ4n) is 3.63. The molecule has 0 aromatic rings. The van der Waals surface area contributed by atoms with E-state index in [-0.39, 0.29) is 0 Å². The van der Waals surface area contributed by atoms with Gasteiger partial charge in [-0.2, -0.15) is 0 Å². The van der Waals surface area contributed by atoms with Gasteiger partial charge in [-0.3, -0.25) is 0 Å². The van der Waals surface area contributed by atoms with E-state index in [2.05, 4.69) is 24.1 Å². The minimum Gasteiger partial charge on any atom is -0.377 e. The van der Waals surface area contributed by atoms with Crippen molar-refractivity contribution in [3.05, 3.63) is 0 Å². The summed E-state index contributed by atoms with van der Waals surface area (Å²) < 4.78 is 5.96. The predicted molar refractivity (Wildman–Crippen MR) is 80.5 cm³/mol. The van der Waals surface area contributed by atoms with Gasteiger partial charge in [-0.05, 0) is 63.6 Å². The summed E-state index contributed by atoms with van der Waals surface area (Å²) in [5.41, 5.74) is 0.567. The molecule has 2 saturated heterocycles. The van der Waals surface area contributed by atoms with Gasteiger partial charge >= 0.3 is 0 Å². The molecule has 3 heteroatoms. The monoisotopic (exact) mass is 268 g/mol. The highest BCUT2D eigenvalue weighted by Gasteiger charge is 2.33. The molecule has 0 aliphatic carbocycles. The van der Waals surface area contributed by atoms with Crippen LogP contribution >= 0.6 is 0 Å². The highest BCUT2D eigenvalue weighted by Crippen LogP contribution is 2.34. The second-order valence-electron chi connectivity index (χ2n) is 6.47. The lowest BCUT2D eigenvalue weighted by atomic mass is 9.76. The smallest absolute Gasteiger partial charge is 0.0702 e. The minimum absolute atomic E-state index is 0.490. The van der Waals surface area contributed by atoms with E-state index in [0.29, 0.717) is 11.5 Å². The van der Waals surface area contributed by atoms with Crippen molar-refractivity contribution in [2.45, 2.75) is 58.5 Å². The zero-order chi connectivity index (χ0) is 13.6. The van der Waals surface area contributed by atoms with E-state index in [1.807, 2.05) is 0 Å². The number of hydrogen-bond donors (Lipinski definition) is 1. The molecule has 3 nitrogen and oxygen atoms in total. The summed E-state index contributed by atoms with van der Waals surface area (Å²) in [6.45, 7) is 11.6. The molecule has 19 heavy (non-hydrogen) atoms. The van der Waals surface area contributed by atoms with E-state index in [9.17, 15) is 0 Å². The van der Waals surface area contributed by atoms with Crippen LogP contribution in [0.4, 0.5) is 0 Å². The van der Waals surface area contributed by atoms with Crippen molar-refractivity contribution in [1.29, 1.82) is 0 Å². The average Bonchev–Trinajstić information content (AvgIpc) is 2.46. The topological polar surface area (TPSA) is 24.5 Å². The van der Waals surface area contributed by atoms with Crippen LogP contribution in [0, 0.1) is 5.41 Å². The lowest BCUT2D eigenvalue weighted by Crippen LogP contribution is -2.48. The Morgan fingerprint density at radius 1 is 1.26 bits per heavy atom. The quantitative estimate of drug-likeness (QED) is 0.801. The molecule has 2 aliphatic heterocycles. The van der Waals surface area contributed by atoms with Crippen LogP contribution in [0.25, 0.3) is 0 Å². The maximum atomic E-state index is 5.96. The largest absolute Gasteiger partial charge is 0.377 e. The Morgan fingerprint density at radius 3 is 2.74 bits per heavy atom. The third-order valence-electron chi connectivity index (χ3n) is 4.99. The Kier molecular flexibility index (Phi) is 6.11. The van der Waals surface area contributed by atoms with Crippen molar-refractivity contribution >= 4 is 0 Å². The molecule has 0 bridgehead atoms. The third kappa shape index (κ3) is 4.44. The molecule has 2 heterocycles. The van der Waals surface area contributed by atoms with Gasteiger partial charge in [0.25, 0.3) is 0 Å². The Bertz CT molecular complexity index is 251.